The fourth-order valence-corrected chi connectivity index (χ4v) is 1.90. The Morgan fingerprint density at radius 1 is 1.05 bits per heavy atom. The molecule has 0 bridgehead atoms. The molecule has 0 saturated heterocycles. The third kappa shape index (κ3) is 2.93. The molecule has 1 heterocycles. The lowest BCUT2D eigenvalue weighted by molar-refractivity contribution is 0.194. The van der Waals surface area contributed by atoms with Gasteiger partial charge in [0.15, 0.2) is 0 Å². The Kier molecular flexibility index (Phi) is 3.86. The quantitative estimate of drug-likeness (QED) is 0.908. The number of aromatic nitrogens is 1. The SMILES string of the molecule is Cc1ccc(C)c(Oc2ccc([C@@H](C)O)nc2)c1C. The first kappa shape index (κ1) is 13.6. The summed E-state index contributed by atoms with van der Waals surface area (Å²) in [4.78, 5) is 4.18. The summed E-state index contributed by atoms with van der Waals surface area (Å²) >= 11 is 0. The summed E-state index contributed by atoms with van der Waals surface area (Å²) in [7, 11) is 0. The van der Waals surface area contributed by atoms with Crippen LogP contribution in [-0.2, 0) is 0 Å². The van der Waals surface area contributed by atoms with Crippen molar-refractivity contribution in [3.8, 4) is 11.5 Å². The number of hydrogen-bond acceptors (Lipinski definition) is 3. The summed E-state index contributed by atoms with van der Waals surface area (Å²) in [5.41, 5.74) is 4.08. The zero-order chi connectivity index (χ0) is 14.0. The van der Waals surface area contributed by atoms with E-state index in [1.54, 1.807) is 19.2 Å². The fraction of sp³-hybridized carbons (Fsp3) is 0.312. The van der Waals surface area contributed by atoms with Crippen LogP contribution in [0.2, 0.25) is 0 Å². The fourth-order valence-electron chi connectivity index (χ4n) is 1.90. The number of hydrogen-bond donors (Lipinski definition) is 1. The highest BCUT2D eigenvalue weighted by Crippen LogP contribution is 2.30. The van der Waals surface area contributed by atoms with Gasteiger partial charge in [-0.15, -0.1) is 0 Å². The second-order valence-corrected chi connectivity index (χ2v) is 4.85. The van der Waals surface area contributed by atoms with Crippen molar-refractivity contribution in [3.63, 3.8) is 0 Å². The maximum absolute atomic E-state index is 9.43. The lowest BCUT2D eigenvalue weighted by Crippen LogP contribution is -1.97. The topological polar surface area (TPSA) is 42.4 Å². The zero-order valence-corrected chi connectivity index (χ0v) is 11.8. The average Bonchev–Trinajstić information content (AvgIpc) is 2.40. The van der Waals surface area contributed by atoms with E-state index in [9.17, 15) is 5.11 Å². The first-order valence-electron chi connectivity index (χ1n) is 6.37. The molecule has 0 spiro atoms. The number of pyridine rings is 1. The first-order chi connectivity index (χ1) is 8.99. The van der Waals surface area contributed by atoms with Gasteiger partial charge in [-0.2, -0.15) is 0 Å². The molecule has 100 valence electrons. The summed E-state index contributed by atoms with van der Waals surface area (Å²) in [6.07, 6.45) is 1.08. The predicted octanol–water partition coefficient (Wildman–Crippen LogP) is 3.85. The van der Waals surface area contributed by atoms with Gasteiger partial charge in [-0.3, -0.25) is 4.98 Å². The first-order valence-corrected chi connectivity index (χ1v) is 6.37. The number of nitrogens with zero attached hydrogens (tertiary/aromatic N) is 1. The van der Waals surface area contributed by atoms with Crippen LogP contribution in [0, 0.1) is 20.8 Å². The minimum atomic E-state index is -0.559. The predicted molar refractivity (Wildman–Crippen MR) is 75.6 cm³/mol. The van der Waals surface area contributed by atoms with Crippen molar-refractivity contribution in [1.29, 1.82) is 0 Å². The molecule has 3 heteroatoms. The van der Waals surface area contributed by atoms with Gasteiger partial charge in [0, 0.05) is 0 Å². The van der Waals surface area contributed by atoms with Crippen LogP contribution < -0.4 is 4.74 Å². The summed E-state index contributed by atoms with van der Waals surface area (Å²) in [5, 5.41) is 9.43. The Balaban J connectivity index is 2.29. The summed E-state index contributed by atoms with van der Waals surface area (Å²) in [6, 6.07) is 7.75. The maximum Gasteiger partial charge on any atom is 0.145 e. The van der Waals surface area contributed by atoms with E-state index >= 15 is 0 Å². The van der Waals surface area contributed by atoms with Crippen LogP contribution in [0.5, 0.6) is 11.5 Å². The van der Waals surface area contributed by atoms with E-state index in [4.69, 9.17) is 4.74 Å². The highest BCUT2D eigenvalue weighted by molar-refractivity contribution is 5.46. The normalized spacial score (nSPS) is 12.3. The van der Waals surface area contributed by atoms with E-state index in [0.717, 1.165) is 16.9 Å². The Labute approximate surface area is 113 Å². The van der Waals surface area contributed by atoms with Crippen LogP contribution in [0.4, 0.5) is 0 Å². The van der Waals surface area contributed by atoms with E-state index in [1.165, 1.54) is 5.56 Å². The van der Waals surface area contributed by atoms with Gasteiger partial charge >= 0.3 is 0 Å². The van der Waals surface area contributed by atoms with E-state index in [0.29, 0.717) is 11.4 Å². The molecule has 1 atom stereocenters. The van der Waals surface area contributed by atoms with Gasteiger partial charge in [0.2, 0.25) is 0 Å². The van der Waals surface area contributed by atoms with Crippen molar-refractivity contribution in [2.75, 3.05) is 0 Å². The van der Waals surface area contributed by atoms with Gasteiger partial charge in [-0.05, 0) is 56.5 Å². The van der Waals surface area contributed by atoms with Crippen LogP contribution in [0.3, 0.4) is 0 Å². The number of ether oxygens (including phenoxy) is 1. The van der Waals surface area contributed by atoms with Gasteiger partial charge in [0.25, 0.3) is 0 Å². The van der Waals surface area contributed by atoms with Crippen LogP contribution in [0.1, 0.15) is 35.4 Å². The average molecular weight is 257 g/mol. The molecule has 1 aromatic heterocycles. The number of aryl methyl sites for hydroxylation is 2. The van der Waals surface area contributed by atoms with E-state index in [2.05, 4.69) is 31.0 Å². The molecule has 0 unspecified atom stereocenters. The maximum atomic E-state index is 9.43. The highest BCUT2D eigenvalue weighted by atomic mass is 16.5. The highest BCUT2D eigenvalue weighted by Gasteiger charge is 2.08. The van der Waals surface area contributed by atoms with Gasteiger partial charge in [-0.1, -0.05) is 12.1 Å². The standard InChI is InChI=1S/C16H19NO2/c1-10-5-6-11(2)16(12(10)3)19-14-7-8-15(13(4)18)17-9-14/h5-9,13,18H,1-4H3/t13-/m1/s1. The van der Waals surface area contributed by atoms with Gasteiger partial charge in [0.1, 0.15) is 11.5 Å². The van der Waals surface area contributed by atoms with E-state index in [-0.39, 0.29) is 0 Å². The molecule has 0 radical (unpaired) electrons. The Morgan fingerprint density at radius 2 is 1.74 bits per heavy atom. The van der Waals surface area contributed by atoms with Crippen molar-refractivity contribution < 1.29 is 9.84 Å². The number of aliphatic hydroxyl groups is 1. The van der Waals surface area contributed by atoms with E-state index < -0.39 is 6.10 Å². The summed E-state index contributed by atoms with van der Waals surface area (Å²) < 4.78 is 5.91. The molecule has 0 aliphatic carbocycles. The molecule has 1 aromatic carbocycles. The van der Waals surface area contributed by atoms with Crippen LogP contribution in [0.25, 0.3) is 0 Å². The largest absolute Gasteiger partial charge is 0.455 e. The molecule has 2 rings (SSSR count). The minimum absolute atomic E-state index is 0.559. The van der Waals surface area contributed by atoms with Crippen molar-refractivity contribution in [2.45, 2.75) is 33.8 Å². The monoisotopic (exact) mass is 257 g/mol. The Morgan fingerprint density at radius 3 is 2.32 bits per heavy atom. The second-order valence-electron chi connectivity index (χ2n) is 4.85. The smallest absolute Gasteiger partial charge is 0.145 e. The third-order valence-corrected chi connectivity index (χ3v) is 3.28. The molecule has 0 amide bonds. The molecule has 0 aliphatic heterocycles. The lowest BCUT2D eigenvalue weighted by atomic mass is 10.1. The van der Waals surface area contributed by atoms with Crippen molar-refractivity contribution in [3.05, 3.63) is 52.8 Å². The number of rotatable bonds is 3. The number of aliphatic hydroxyl groups excluding tert-OH is 1. The zero-order valence-electron chi connectivity index (χ0n) is 11.8. The Hall–Kier alpha value is -1.87. The Bertz CT molecular complexity index is 574. The third-order valence-electron chi connectivity index (χ3n) is 3.28. The molecule has 0 saturated carbocycles. The second kappa shape index (κ2) is 5.41. The molecule has 0 fully saturated rings. The molecule has 2 aromatic rings. The van der Waals surface area contributed by atoms with E-state index in [1.807, 2.05) is 13.0 Å². The molecule has 0 aliphatic rings. The van der Waals surface area contributed by atoms with Crippen molar-refractivity contribution in [2.24, 2.45) is 0 Å². The van der Waals surface area contributed by atoms with Gasteiger partial charge in [-0.25, -0.2) is 0 Å². The molecular formula is C16H19NO2. The van der Waals surface area contributed by atoms with Gasteiger partial charge in [0.05, 0.1) is 18.0 Å². The molecular weight excluding hydrogens is 238 g/mol. The van der Waals surface area contributed by atoms with Crippen LogP contribution >= 0.6 is 0 Å². The molecule has 1 N–H and O–H groups in total. The lowest BCUT2D eigenvalue weighted by Gasteiger charge is -2.13. The van der Waals surface area contributed by atoms with Crippen LogP contribution in [0.15, 0.2) is 30.5 Å². The number of benzene rings is 1. The summed E-state index contributed by atoms with van der Waals surface area (Å²) in [6.45, 7) is 7.84. The minimum Gasteiger partial charge on any atom is -0.455 e. The van der Waals surface area contributed by atoms with Crippen LogP contribution in [-0.4, -0.2) is 10.1 Å². The molecule has 3 nitrogen and oxygen atoms in total. The molecule has 19 heavy (non-hydrogen) atoms. The van der Waals surface area contributed by atoms with Crippen molar-refractivity contribution in [1.82, 2.24) is 4.98 Å². The summed E-state index contributed by atoms with van der Waals surface area (Å²) in [5.74, 6) is 1.56. The van der Waals surface area contributed by atoms with Crippen molar-refractivity contribution >= 4 is 0 Å². The van der Waals surface area contributed by atoms with Gasteiger partial charge < -0.3 is 9.84 Å².